The van der Waals surface area contributed by atoms with Crippen molar-refractivity contribution in [1.82, 2.24) is 10.2 Å². The third-order valence-electron chi connectivity index (χ3n) is 4.01. The lowest BCUT2D eigenvalue weighted by molar-refractivity contribution is -0.385. The molecular weight excluding hydrogens is 306 g/mol. The summed E-state index contributed by atoms with van der Waals surface area (Å²) in [5.74, 6) is -0.306. The Labute approximate surface area is 141 Å². The lowest BCUT2D eigenvalue weighted by Crippen LogP contribution is -2.34. The first kappa shape index (κ1) is 17.6. The highest BCUT2D eigenvalue weighted by atomic mass is 16.6. The average Bonchev–Trinajstić information content (AvgIpc) is 2.55. The summed E-state index contributed by atoms with van der Waals surface area (Å²) in [6.07, 6.45) is 0. The molecule has 0 saturated carbocycles. The molecule has 0 aromatic heterocycles. The first-order valence-electron chi connectivity index (χ1n) is 7.65. The number of nitro benzene ring substituents is 1. The molecule has 6 nitrogen and oxygen atoms in total. The Hall–Kier alpha value is -2.73. The van der Waals surface area contributed by atoms with Crippen LogP contribution in [0.5, 0.6) is 0 Å². The molecule has 6 heteroatoms. The number of nitro groups is 1. The van der Waals surface area contributed by atoms with Crippen LogP contribution in [0.2, 0.25) is 0 Å². The number of rotatable bonds is 6. The van der Waals surface area contributed by atoms with Gasteiger partial charge in [-0.25, -0.2) is 0 Å². The maximum absolute atomic E-state index is 12.4. The molecule has 0 saturated heterocycles. The minimum absolute atomic E-state index is 0.0224. The molecule has 0 aliphatic heterocycles. The van der Waals surface area contributed by atoms with Crippen molar-refractivity contribution < 1.29 is 9.72 Å². The van der Waals surface area contributed by atoms with E-state index in [2.05, 4.69) is 5.32 Å². The summed E-state index contributed by atoms with van der Waals surface area (Å²) in [5.41, 5.74) is 1.75. The van der Waals surface area contributed by atoms with Crippen LogP contribution in [0.1, 0.15) is 27.5 Å². The molecule has 24 heavy (non-hydrogen) atoms. The first-order chi connectivity index (χ1) is 11.4. The monoisotopic (exact) mass is 327 g/mol. The van der Waals surface area contributed by atoms with Crippen molar-refractivity contribution in [3.05, 3.63) is 75.3 Å². The first-order valence-corrected chi connectivity index (χ1v) is 7.65. The van der Waals surface area contributed by atoms with E-state index in [0.717, 1.165) is 5.56 Å². The van der Waals surface area contributed by atoms with Gasteiger partial charge in [-0.2, -0.15) is 0 Å². The van der Waals surface area contributed by atoms with Crippen LogP contribution in [0, 0.1) is 17.0 Å². The Kier molecular flexibility index (Phi) is 5.65. The second-order valence-corrected chi connectivity index (χ2v) is 5.81. The highest BCUT2D eigenvalue weighted by Gasteiger charge is 2.20. The van der Waals surface area contributed by atoms with Gasteiger partial charge >= 0.3 is 0 Å². The van der Waals surface area contributed by atoms with Gasteiger partial charge in [0.05, 0.1) is 11.0 Å². The van der Waals surface area contributed by atoms with Gasteiger partial charge in [0.1, 0.15) is 0 Å². The lowest BCUT2D eigenvalue weighted by atomic mass is 10.0. The molecule has 0 aliphatic rings. The number of nitrogens with one attached hydrogen (secondary N) is 1. The molecule has 2 aromatic carbocycles. The second kappa shape index (κ2) is 7.70. The van der Waals surface area contributed by atoms with Gasteiger partial charge in [-0.1, -0.05) is 36.4 Å². The number of likely N-dealkylation sites (N-methyl/N-ethyl adjacent to an activating group) is 1. The van der Waals surface area contributed by atoms with Crippen molar-refractivity contribution in [3.8, 4) is 0 Å². The van der Waals surface area contributed by atoms with Crippen LogP contribution in [0.3, 0.4) is 0 Å². The fourth-order valence-corrected chi connectivity index (χ4v) is 2.63. The number of carbonyl (C=O) groups is 1. The van der Waals surface area contributed by atoms with E-state index in [9.17, 15) is 14.9 Å². The Balaban J connectivity index is 2.15. The Morgan fingerprint density at radius 1 is 1.17 bits per heavy atom. The average molecular weight is 327 g/mol. The van der Waals surface area contributed by atoms with E-state index < -0.39 is 4.92 Å². The fraction of sp³-hybridized carbons (Fsp3) is 0.278. The van der Waals surface area contributed by atoms with Gasteiger partial charge in [-0.3, -0.25) is 14.9 Å². The molecular formula is C18H21N3O3. The Bertz CT molecular complexity index is 730. The molecule has 0 unspecified atom stereocenters. The van der Waals surface area contributed by atoms with Gasteiger partial charge in [0.25, 0.3) is 11.6 Å². The predicted octanol–water partition coefficient (Wildman–Crippen LogP) is 2.94. The molecule has 2 aromatic rings. The standard InChI is InChI=1S/C18H21N3O3/c1-13-15(10-7-11-16(13)21(23)24)18(22)19-12-17(20(2)3)14-8-5-4-6-9-14/h4-11,17H,12H2,1-3H3,(H,19,22)/t17-/m0/s1. The van der Waals surface area contributed by atoms with E-state index >= 15 is 0 Å². The smallest absolute Gasteiger partial charge is 0.273 e. The van der Waals surface area contributed by atoms with Crippen LogP contribution in [-0.4, -0.2) is 36.4 Å². The highest BCUT2D eigenvalue weighted by molar-refractivity contribution is 5.96. The molecule has 0 bridgehead atoms. The van der Waals surface area contributed by atoms with E-state index in [1.54, 1.807) is 13.0 Å². The molecule has 0 radical (unpaired) electrons. The van der Waals surface area contributed by atoms with Crippen molar-refractivity contribution in [2.45, 2.75) is 13.0 Å². The largest absolute Gasteiger partial charge is 0.350 e. The summed E-state index contributed by atoms with van der Waals surface area (Å²) in [6.45, 7) is 2.01. The zero-order chi connectivity index (χ0) is 17.7. The number of carbonyl (C=O) groups excluding carboxylic acids is 1. The van der Waals surface area contributed by atoms with E-state index in [1.165, 1.54) is 12.1 Å². The van der Waals surface area contributed by atoms with Crippen LogP contribution < -0.4 is 5.32 Å². The van der Waals surface area contributed by atoms with Crippen molar-refractivity contribution in [1.29, 1.82) is 0 Å². The van der Waals surface area contributed by atoms with Crippen LogP contribution in [0.15, 0.2) is 48.5 Å². The maximum atomic E-state index is 12.4. The Morgan fingerprint density at radius 3 is 2.42 bits per heavy atom. The van der Waals surface area contributed by atoms with Gasteiger partial charge in [-0.15, -0.1) is 0 Å². The number of hydrogen-bond donors (Lipinski definition) is 1. The zero-order valence-corrected chi connectivity index (χ0v) is 14.0. The van der Waals surface area contributed by atoms with Crippen LogP contribution in [0.4, 0.5) is 5.69 Å². The summed E-state index contributed by atoms with van der Waals surface area (Å²) in [5, 5.41) is 13.9. The molecule has 0 heterocycles. The molecule has 0 fully saturated rings. The molecule has 126 valence electrons. The number of benzene rings is 2. The van der Waals surface area contributed by atoms with E-state index in [4.69, 9.17) is 0 Å². The minimum atomic E-state index is -0.474. The molecule has 1 atom stereocenters. The van der Waals surface area contributed by atoms with Gasteiger partial charge in [0.2, 0.25) is 0 Å². The second-order valence-electron chi connectivity index (χ2n) is 5.81. The van der Waals surface area contributed by atoms with Gasteiger partial charge in [-0.05, 0) is 32.6 Å². The zero-order valence-electron chi connectivity index (χ0n) is 14.0. The summed E-state index contributed by atoms with van der Waals surface area (Å²) in [6, 6.07) is 14.4. The number of nitrogens with zero attached hydrogens (tertiary/aromatic N) is 2. The van der Waals surface area contributed by atoms with Crippen molar-refractivity contribution in [3.63, 3.8) is 0 Å². The summed E-state index contributed by atoms with van der Waals surface area (Å²) < 4.78 is 0. The quantitative estimate of drug-likeness (QED) is 0.654. The number of hydrogen-bond acceptors (Lipinski definition) is 4. The number of amides is 1. The lowest BCUT2D eigenvalue weighted by Gasteiger charge is -2.25. The highest BCUT2D eigenvalue weighted by Crippen LogP contribution is 2.21. The van der Waals surface area contributed by atoms with Crippen molar-refractivity contribution >= 4 is 11.6 Å². The SMILES string of the molecule is Cc1c(C(=O)NC[C@@H](c2ccccc2)N(C)C)cccc1[N+](=O)[O-]. The van der Waals surface area contributed by atoms with Crippen molar-refractivity contribution in [2.24, 2.45) is 0 Å². The van der Waals surface area contributed by atoms with Crippen LogP contribution in [0.25, 0.3) is 0 Å². The van der Waals surface area contributed by atoms with Gasteiger partial charge in [0, 0.05) is 23.7 Å². The third-order valence-corrected chi connectivity index (χ3v) is 4.01. The fourth-order valence-electron chi connectivity index (χ4n) is 2.63. The minimum Gasteiger partial charge on any atom is -0.350 e. The molecule has 0 spiro atoms. The third kappa shape index (κ3) is 3.97. The molecule has 1 amide bonds. The van der Waals surface area contributed by atoms with Crippen LogP contribution >= 0.6 is 0 Å². The van der Waals surface area contributed by atoms with Crippen molar-refractivity contribution in [2.75, 3.05) is 20.6 Å². The summed E-state index contributed by atoms with van der Waals surface area (Å²) in [4.78, 5) is 25.0. The Morgan fingerprint density at radius 2 is 1.83 bits per heavy atom. The molecule has 0 aliphatic carbocycles. The van der Waals surface area contributed by atoms with E-state index in [-0.39, 0.29) is 17.6 Å². The normalized spacial score (nSPS) is 12.0. The van der Waals surface area contributed by atoms with Gasteiger partial charge in [0.15, 0.2) is 0 Å². The van der Waals surface area contributed by atoms with Gasteiger partial charge < -0.3 is 10.2 Å². The van der Waals surface area contributed by atoms with Crippen LogP contribution in [-0.2, 0) is 0 Å². The van der Waals surface area contributed by atoms with E-state index in [1.807, 2.05) is 49.3 Å². The maximum Gasteiger partial charge on any atom is 0.273 e. The summed E-state index contributed by atoms with van der Waals surface area (Å²) in [7, 11) is 3.89. The predicted molar refractivity (Wildman–Crippen MR) is 93.0 cm³/mol. The summed E-state index contributed by atoms with van der Waals surface area (Å²) >= 11 is 0. The van der Waals surface area contributed by atoms with E-state index in [0.29, 0.717) is 17.7 Å². The molecule has 1 N–H and O–H groups in total. The topological polar surface area (TPSA) is 75.5 Å². The molecule has 2 rings (SSSR count).